The van der Waals surface area contributed by atoms with Crippen LogP contribution < -0.4 is 9.47 Å². The molecule has 0 amide bonds. The molecule has 0 spiro atoms. The lowest BCUT2D eigenvalue weighted by molar-refractivity contribution is 0.415. The van der Waals surface area contributed by atoms with Crippen molar-refractivity contribution in [2.45, 2.75) is 6.92 Å². The van der Waals surface area contributed by atoms with Crippen molar-refractivity contribution in [3.63, 3.8) is 0 Å². The predicted molar refractivity (Wildman–Crippen MR) is 115 cm³/mol. The summed E-state index contributed by atoms with van der Waals surface area (Å²) in [6, 6.07) is 33.0. The molecule has 0 aromatic heterocycles. The highest BCUT2D eigenvalue weighted by Crippen LogP contribution is 2.28. The van der Waals surface area contributed by atoms with Crippen LogP contribution in [-0.4, -0.2) is 7.11 Å². The van der Waals surface area contributed by atoms with Crippen LogP contribution in [0.4, 0.5) is 0 Å². The topological polar surface area (TPSA) is 18.5 Å². The number of methoxy groups -OCH3 is 1. The van der Waals surface area contributed by atoms with E-state index in [9.17, 15) is 0 Å². The van der Waals surface area contributed by atoms with E-state index in [1.54, 1.807) is 7.11 Å². The lowest BCUT2D eigenvalue weighted by Gasteiger charge is -2.08. The lowest BCUT2D eigenvalue weighted by Crippen LogP contribution is -1.85. The quantitative estimate of drug-likeness (QED) is 0.374. The van der Waals surface area contributed by atoms with Gasteiger partial charge in [-0.3, -0.25) is 0 Å². The van der Waals surface area contributed by atoms with Gasteiger partial charge >= 0.3 is 0 Å². The first-order valence-corrected chi connectivity index (χ1v) is 9.31. The zero-order valence-corrected chi connectivity index (χ0v) is 16.1. The molecule has 0 unspecified atom stereocenters. The summed E-state index contributed by atoms with van der Waals surface area (Å²) < 4.78 is 11.1. The number of benzene rings is 4. The van der Waals surface area contributed by atoms with Crippen LogP contribution in [0, 0.1) is 6.92 Å². The second-order valence-corrected chi connectivity index (χ2v) is 6.75. The molecule has 2 nitrogen and oxygen atoms in total. The van der Waals surface area contributed by atoms with Crippen LogP contribution in [0.15, 0.2) is 97.1 Å². The summed E-state index contributed by atoms with van der Waals surface area (Å²) in [4.78, 5) is 0. The molecule has 4 aromatic carbocycles. The molecule has 2 heteroatoms. The molecule has 0 fully saturated rings. The van der Waals surface area contributed by atoms with Crippen molar-refractivity contribution in [2.24, 2.45) is 0 Å². The minimum atomic E-state index is 0.836. The van der Waals surface area contributed by atoms with E-state index in [1.807, 2.05) is 48.5 Å². The number of hydrogen-bond acceptors (Lipinski definition) is 2. The first-order valence-electron chi connectivity index (χ1n) is 9.31. The van der Waals surface area contributed by atoms with E-state index in [4.69, 9.17) is 9.47 Å². The summed E-state index contributed by atoms with van der Waals surface area (Å²) in [5.74, 6) is 2.55. The van der Waals surface area contributed by atoms with Gasteiger partial charge in [0.1, 0.15) is 17.2 Å². The van der Waals surface area contributed by atoms with Gasteiger partial charge in [0.2, 0.25) is 0 Å². The zero-order valence-electron chi connectivity index (χ0n) is 16.1. The van der Waals surface area contributed by atoms with Crippen molar-refractivity contribution in [3.8, 4) is 39.5 Å². The summed E-state index contributed by atoms with van der Waals surface area (Å²) in [6.45, 7) is 2.07. The van der Waals surface area contributed by atoms with Crippen LogP contribution in [-0.2, 0) is 0 Å². The normalized spacial score (nSPS) is 10.5. The van der Waals surface area contributed by atoms with Crippen LogP contribution in [0.2, 0.25) is 0 Å². The van der Waals surface area contributed by atoms with Gasteiger partial charge in [0.25, 0.3) is 0 Å². The highest BCUT2D eigenvalue weighted by Gasteiger charge is 2.03. The van der Waals surface area contributed by atoms with Crippen molar-refractivity contribution in [1.82, 2.24) is 0 Å². The third kappa shape index (κ3) is 4.07. The molecule has 138 valence electrons. The Morgan fingerprint density at radius 1 is 0.429 bits per heavy atom. The highest BCUT2D eigenvalue weighted by molar-refractivity contribution is 5.71. The zero-order chi connectivity index (χ0) is 19.3. The van der Waals surface area contributed by atoms with Gasteiger partial charge in [-0.25, -0.2) is 0 Å². The molecule has 0 saturated heterocycles. The SMILES string of the molecule is COc1ccc(-c2ccc(-c3ccc(Oc4ccc(C)cc4)cc3)cc2)cc1. The molecule has 0 N–H and O–H groups in total. The van der Waals surface area contributed by atoms with Gasteiger partial charge < -0.3 is 9.47 Å². The Labute approximate surface area is 166 Å². The molecule has 0 bridgehead atoms. The standard InChI is InChI=1S/C26H22O2/c1-19-3-13-25(14-4-19)28-26-17-11-23(12-18-26)21-7-5-20(6-8-21)22-9-15-24(27-2)16-10-22/h3-18H,1-2H3. The van der Waals surface area contributed by atoms with Crippen molar-refractivity contribution in [2.75, 3.05) is 7.11 Å². The minimum Gasteiger partial charge on any atom is -0.497 e. The van der Waals surface area contributed by atoms with Gasteiger partial charge in [0.15, 0.2) is 0 Å². The molecule has 4 rings (SSSR count). The monoisotopic (exact) mass is 366 g/mol. The fraction of sp³-hybridized carbons (Fsp3) is 0.0769. The first-order chi connectivity index (χ1) is 13.7. The third-order valence-corrected chi connectivity index (χ3v) is 4.75. The molecule has 0 saturated carbocycles. The third-order valence-electron chi connectivity index (χ3n) is 4.75. The Balaban J connectivity index is 1.48. The van der Waals surface area contributed by atoms with Crippen molar-refractivity contribution < 1.29 is 9.47 Å². The maximum Gasteiger partial charge on any atom is 0.127 e. The summed E-state index contributed by atoms with van der Waals surface area (Å²) in [5.41, 5.74) is 5.93. The van der Waals surface area contributed by atoms with Crippen molar-refractivity contribution >= 4 is 0 Å². The van der Waals surface area contributed by atoms with Gasteiger partial charge in [-0.2, -0.15) is 0 Å². The van der Waals surface area contributed by atoms with Crippen LogP contribution in [0.3, 0.4) is 0 Å². The predicted octanol–water partition coefficient (Wildman–Crippen LogP) is 7.13. The van der Waals surface area contributed by atoms with Gasteiger partial charge in [0, 0.05) is 0 Å². The van der Waals surface area contributed by atoms with E-state index in [0.29, 0.717) is 0 Å². The molecule has 0 heterocycles. The van der Waals surface area contributed by atoms with Crippen LogP contribution >= 0.6 is 0 Å². The highest BCUT2D eigenvalue weighted by atomic mass is 16.5. The molecular formula is C26H22O2. The lowest BCUT2D eigenvalue weighted by atomic mass is 10.0. The number of aryl methyl sites for hydroxylation is 1. The van der Waals surface area contributed by atoms with Crippen LogP contribution in [0.25, 0.3) is 22.3 Å². The fourth-order valence-electron chi connectivity index (χ4n) is 3.10. The summed E-state index contributed by atoms with van der Waals surface area (Å²) in [7, 11) is 1.68. The van der Waals surface area contributed by atoms with Gasteiger partial charge in [0.05, 0.1) is 7.11 Å². The summed E-state index contributed by atoms with van der Waals surface area (Å²) in [5, 5.41) is 0. The van der Waals surface area contributed by atoms with Gasteiger partial charge in [-0.1, -0.05) is 66.2 Å². The average molecular weight is 366 g/mol. The fourth-order valence-corrected chi connectivity index (χ4v) is 3.10. The Bertz CT molecular complexity index is 1030. The van der Waals surface area contributed by atoms with Crippen LogP contribution in [0.5, 0.6) is 17.2 Å². The summed E-state index contributed by atoms with van der Waals surface area (Å²) >= 11 is 0. The first kappa shape index (κ1) is 17.9. The molecular weight excluding hydrogens is 344 g/mol. The van der Waals surface area contributed by atoms with E-state index in [1.165, 1.54) is 22.3 Å². The maximum atomic E-state index is 5.91. The Morgan fingerprint density at radius 3 is 1.14 bits per heavy atom. The Morgan fingerprint density at radius 2 is 0.750 bits per heavy atom. The molecule has 0 atom stereocenters. The summed E-state index contributed by atoms with van der Waals surface area (Å²) in [6.07, 6.45) is 0. The molecule has 28 heavy (non-hydrogen) atoms. The number of rotatable bonds is 5. The van der Waals surface area contributed by atoms with Gasteiger partial charge in [-0.15, -0.1) is 0 Å². The van der Waals surface area contributed by atoms with E-state index in [2.05, 4.69) is 55.5 Å². The van der Waals surface area contributed by atoms with Crippen molar-refractivity contribution in [1.29, 1.82) is 0 Å². The number of hydrogen-bond donors (Lipinski definition) is 0. The second kappa shape index (κ2) is 8.01. The van der Waals surface area contributed by atoms with E-state index >= 15 is 0 Å². The van der Waals surface area contributed by atoms with E-state index < -0.39 is 0 Å². The molecule has 0 aliphatic carbocycles. The second-order valence-electron chi connectivity index (χ2n) is 6.75. The molecule has 0 aliphatic heterocycles. The Hall–Kier alpha value is -3.52. The maximum absolute atomic E-state index is 5.91. The van der Waals surface area contributed by atoms with Gasteiger partial charge in [-0.05, 0) is 65.6 Å². The van der Waals surface area contributed by atoms with Crippen LogP contribution in [0.1, 0.15) is 5.56 Å². The average Bonchev–Trinajstić information content (AvgIpc) is 2.76. The Kier molecular flexibility index (Phi) is 5.11. The molecule has 4 aromatic rings. The van der Waals surface area contributed by atoms with E-state index in [-0.39, 0.29) is 0 Å². The van der Waals surface area contributed by atoms with E-state index in [0.717, 1.165) is 22.8 Å². The smallest absolute Gasteiger partial charge is 0.127 e. The molecule has 0 aliphatic rings. The number of ether oxygens (including phenoxy) is 2. The minimum absolute atomic E-state index is 0.836. The largest absolute Gasteiger partial charge is 0.497 e. The van der Waals surface area contributed by atoms with Crippen molar-refractivity contribution in [3.05, 3.63) is 103 Å². The molecule has 0 radical (unpaired) electrons.